The van der Waals surface area contributed by atoms with E-state index < -0.39 is 0 Å². The van der Waals surface area contributed by atoms with E-state index in [0.717, 1.165) is 27.8 Å². The zero-order chi connectivity index (χ0) is 18.2. The van der Waals surface area contributed by atoms with Crippen LogP contribution in [0, 0.1) is 5.82 Å². The van der Waals surface area contributed by atoms with E-state index in [2.05, 4.69) is 15.1 Å². The minimum absolute atomic E-state index is 0.242. The summed E-state index contributed by atoms with van der Waals surface area (Å²) in [5, 5.41) is 6.74. The third kappa shape index (κ3) is 3.15. The molecular formula is C19H12FN3O3S. The molecule has 8 heteroatoms. The summed E-state index contributed by atoms with van der Waals surface area (Å²) in [7, 11) is 0. The first-order valence-corrected chi connectivity index (χ1v) is 9.05. The zero-order valence-corrected chi connectivity index (χ0v) is 14.7. The van der Waals surface area contributed by atoms with Crippen LogP contribution in [0.4, 0.5) is 4.39 Å². The largest absolute Gasteiger partial charge is 0.454 e. The second-order valence-corrected chi connectivity index (χ2v) is 6.84. The first-order valence-electron chi connectivity index (χ1n) is 8.17. The molecule has 1 aliphatic heterocycles. The molecule has 0 amide bonds. The molecule has 0 radical (unpaired) electrons. The zero-order valence-electron chi connectivity index (χ0n) is 13.9. The maximum atomic E-state index is 13.3. The first-order chi connectivity index (χ1) is 13.2. The fourth-order valence-electron chi connectivity index (χ4n) is 2.78. The third-order valence-corrected chi connectivity index (χ3v) is 4.92. The number of ether oxygens (including phenoxy) is 2. The summed E-state index contributed by atoms with van der Waals surface area (Å²) in [5.41, 5.74) is 2.37. The van der Waals surface area contributed by atoms with Gasteiger partial charge in [-0.15, -0.1) is 11.3 Å². The number of aromatic nitrogens is 3. The van der Waals surface area contributed by atoms with Crippen LogP contribution in [0.3, 0.4) is 0 Å². The molecule has 0 bridgehead atoms. The summed E-state index contributed by atoms with van der Waals surface area (Å²) >= 11 is 1.51. The van der Waals surface area contributed by atoms with Gasteiger partial charge in [0.1, 0.15) is 10.8 Å². The summed E-state index contributed by atoms with van der Waals surface area (Å²) in [4.78, 5) is 8.96. The second-order valence-electron chi connectivity index (χ2n) is 5.89. The molecule has 0 N–H and O–H groups in total. The number of rotatable bonds is 4. The quantitative estimate of drug-likeness (QED) is 0.524. The minimum Gasteiger partial charge on any atom is -0.454 e. The standard InChI is InChI=1S/C19H12FN3O3S/c20-13-3-1-2-12(6-13)19-22-17(26-23-19)8-18-21-14(9-27-18)11-4-5-15-16(7-11)25-10-24-15/h1-7,9H,8,10H2. The minimum atomic E-state index is -0.341. The monoisotopic (exact) mass is 381 g/mol. The van der Waals surface area contributed by atoms with Gasteiger partial charge in [-0.1, -0.05) is 17.3 Å². The van der Waals surface area contributed by atoms with Gasteiger partial charge in [-0.25, -0.2) is 9.37 Å². The van der Waals surface area contributed by atoms with E-state index in [1.54, 1.807) is 12.1 Å². The molecule has 0 unspecified atom stereocenters. The van der Waals surface area contributed by atoms with Crippen molar-refractivity contribution in [2.75, 3.05) is 6.79 Å². The summed E-state index contributed by atoms with van der Waals surface area (Å²) < 4.78 is 29.4. The fraction of sp³-hybridized carbons (Fsp3) is 0.105. The lowest BCUT2D eigenvalue weighted by Crippen LogP contribution is -1.92. The van der Waals surface area contributed by atoms with Crippen molar-refractivity contribution >= 4 is 11.3 Å². The topological polar surface area (TPSA) is 70.3 Å². The Kier molecular flexibility index (Phi) is 3.83. The summed E-state index contributed by atoms with van der Waals surface area (Å²) in [6.45, 7) is 0.242. The van der Waals surface area contributed by atoms with E-state index in [1.807, 2.05) is 23.6 Å². The first kappa shape index (κ1) is 16.0. The van der Waals surface area contributed by atoms with Crippen molar-refractivity contribution in [3.63, 3.8) is 0 Å². The van der Waals surface area contributed by atoms with Crippen molar-refractivity contribution in [3.8, 4) is 34.1 Å². The number of benzene rings is 2. The predicted octanol–water partition coefficient (Wildman–Crippen LogP) is 4.32. The van der Waals surface area contributed by atoms with Crippen LogP contribution in [0.25, 0.3) is 22.6 Å². The fourth-order valence-corrected chi connectivity index (χ4v) is 3.58. The van der Waals surface area contributed by atoms with Gasteiger partial charge in [0, 0.05) is 16.5 Å². The molecule has 134 valence electrons. The van der Waals surface area contributed by atoms with Crippen LogP contribution in [-0.2, 0) is 6.42 Å². The molecule has 0 saturated heterocycles. The Labute approximate surface area is 157 Å². The van der Waals surface area contributed by atoms with E-state index in [9.17, 15) is 4.39 Å². The molecule has 6 nitrogen and oxygen atoms in total. The smallest absolute Gasteiger partial charge is 0.233 e. The van der Waals surface area contributed by atoms with Crippen molar-refractivity contribution < 1.29 is 18.4 Å². The number of halogens is 1. The Morgan fingerprint density at radius 2 is 1.93 bits per heavy atom. The van der Waals surface area contributed by atoms with Crippen LogP contribution in [0.1, 0.15) is 10.9 Å². The van der Waals surface area contributed by atoms with Crippen molar-refractivity contribution in [1.29, 1.82) is 0 Å². The van der Waals surface area contributed by atoms with E-state index >= 15 is 0 Å². The maximum Gasteiger partial charge on any atom is 0.233 e. The number of hydrogen-bond donors (Lipinski definition) is 0. The van der Waals surface area contributed by atoms with Gasteiger partial charge >= 0.3 is 0 Å². The van der Waals surface area contributed by atoms with Gasteiger partial charge < -0.3 is 14.0 Å². The van der Waals surface area contributed by atoms with Crippen LogP contribution >= 0.6 is 11.3 Å². The molecule has 2 aromatic carbocycles. The summed E-state index contributed by atoms with van der Waals surface area (Å²) in [6, 6.07) is 11.8. The molecule has 0 atom stereocenters. The summed E-state index contributed by atoms with van der Waals surface area (Å²) in [6.07, 6.45) is 0.414. The Morgan fingerprint density at radius 1 is 1.00 bits per heavy atom. The van der Waals surface area contributed by atoms with Gasteiger partial charge in [0.15, 0.2) is 11.5 Å². The highest BCUT2D eigenvalue weighted by Crippen LogP contribution is 2.36. The highest BCUT2D eigenvalue weighted by Gasteiger charge is 2.16. The Balaban J connectivity index is 1.35. The van der Waals surface area contributed by atoms with Crippen molar-refractivity contribution in [2.24, 2.45) is 0 Å². The van der Waals surface area contributed by atoms with Gasteiger partial charge in [-0.2, -0.15) is 4.98 Å². The molecule has 0 spiro atoms. The molecule has 3 heterocycles. The highest BCUT2D eigenvalue weighted by molar-refractivity contribution is 7.10. The SMILES string of the molecule is Fc1cccc(-c2noc(Cc3nc(-c4ccc5c(c4)OCO5)cs3)n2)c1. The molecule has 5 rings (SSSR count). The maximum absolute atomic E-state index is 13.3. The van der Waals surface area contributed by atoms with E-state index in [1.165, 1.54) is 23.5 Å². The van der Waals surface area contributed by atoms with Crippen LogP contribution < -0.4 is 9.47 Å². The van der Waals surface area contributed by atoms with Crippen LogP contribution in [-0.4, -0.2) is 21.9 Å². The lowest BCUT2D eigenvalue weighted by Gasteiger charge is -1.99. The molecule has 0 fully saturated rings. The van der Waals surface area contributed by atoms with Crippen LogP contribution in [0.5, 0.6) is 11.5 Å². The number of nitrogens with zero attached hydrogens (tertiary/aromatic N) is 3. The van der Waals surface area contributed by atoms with Gasteiger partial charge in [0.2, 0.25) is 18.5 Å². The number of thiazole rings is 1. The van der Waals surface area contributed by atoms with E-state index in [4.69, 9.17) is 14.0 Å². The molecule has 4 aromatic rings. The van der Waals surface area contributed by atoms with E-state index in [0.29, 0.717) is 23.7 Å². The normalized spacial score (nSPS) is 12.5. The Hall–Kier alpha value is -3.26. The van der Waals surface area contributed by atoms with Crippen molar-refractivity contribution in [3.05, 3.63) is 64.6 Å². The second kappa shape index (κ2) is 6.48. The molecule has 2 aromatic heterocycles. The molecule has 27 heavy (non-hydrogen) atoms. The molecular weight excluding hydrogens is 369 g/mol. The lowest BCUT2D eigenvalue weighted by atomic mass is 10.1. The molecule has 1 aliphatic rings. The van der Waals surface area contributed by atoms with Gasteiger partial charge in [-0.05, 0) is 30.3 Å². The van der Waals surface area contributed by atoms with Gasteiger partial charge in [0.05, 0.1) is 12.1 Å². The van der Waals surface area contributed by atoms with E-state index in [-0.39, 0.29) is 12.6 Å². The van der Waals surface area contributed by atoms with Crippen molar-refractivity contribution in [1.82, 2.24) is 15.1 Å². The predicted molar refractivity (Wildman–Crippen MR) is 96.2 cm³/mol. The third-order valence-electron chi connectivity index (χ3n) is 4.07. The Bertz CT molecular complexity index is 1120. The van der Waals surface area contributed by atoms with Crippen LogP contribution in [0.2, 0.25) is 0 Å². The average molecular weight is 381 g/mol. The van der Waals surface area contributed by atoms with Gasteiger partial charge in [-0.3, -0.25) is 0 Å². The van der Waals surface area contributed by atoms with Crippen molar-refractivity contribution in [2.45, 2.75) is 6.42 Å². The van der Waals surface area contributed by atoms with Crippen LogP contribution in [0.15, 0.2) is 52.4 Å². The highest BCUT2D eigenvalue weighted by atomic mass is 32.1. The lowest BCUT2D eigenvalue weighted by molar-refractivity contribution is 0.174. The number of hydrogen-bond acceptors (Lipinski definition) is 7. The average Bonchev–Trinajstić information content (AvgIpc) is 3.42. The molecule has 0 aliphatic carbocycles. The van der Waals surface area contributed by atoms with Gasteiger partial charge in [0.25, 0.3) is 0 Å². The number of fused-ring (bicyclic) bond motifs is 1. The molecule has 0 saturated carbocycles. The summed E-state index contributed by atoms with van der Waals surface area (Å²) in [5.74, 6) is 1.91. The Morgan fingerprint density at radius 3 is 2.85 bits per heavy atom.